The van der Waals surface area contributed by atoms with Crippen molar-refractivity contribution in [3.8, 4) is 0 Å². The molecule has 0 aliphatic heterocycles. The zero-order valence-corrected chi connectivity index (χ0v) is 9.32. The zero-order valence-electron chi connectivity index (χ0n) is 7.75. The van der Waals surface area contributed by atoms with Gasteiger partial charge in [0.15, 0.2) is 0 Å². The number of halogens is 1. The average molecular weight is 217 g/mol. The van der Waals surface area contributed by atoms with Crippen molar-refractivity contribution in [3.05, 3.63) is 21.3 Å². The van der Waals surface area contributed by atoms with Crippen LogP contribution in [0.4, 0.5) is 0 Å². The summed E-state index contributed by atoms with van der Waals surface area (Å²) in [5, 5.41) is 12.2. The van der Waals surface area contributed by atoms with Gasteiger partial charge in [-0.3, -0.25) is 0 Å². The van der Waals surface area contributed by atoms with Crippen molar-refractivity contribution in [2.45, 2.75) is 25.9 Å². The first kappa shape index (κ1) is 9.50. The van der Waals surface area contributed by atoms with E-state index in [2.05, 4.69) is 13.8 Å². The minimum atomic E-state index is -0.656. The number of thiophene rings is 1. The molecule has 1 fully saturated rings. The van der Waals surface area contributed by atoms with Crippen molar-refractivity contribution >= 4 is 22.9 Å². The third-order valence-corrected chi connectivity index (χ3v) is 4.49. The highest BCUT2D eigenvalue weighted by Crippen LogP contribution is 2.52. The van der Waals surface area contributed by atoms with E-state index in [4.69, 9.17) is 11.6 Å². The number of hydrogen-bond acceptors (Lipinski definition) is 2. The summed E-state index contributed by atoms with van der Waals surface area (Å²) in [5.74, 6) is 0.917. The molecule has 0 saturated heterocycles. The number of hydrogen-bond donors (Lipinski definition) is 1. The van der Waals surface area contributed by atoms with Gasteiger partial charge in [-0.1, -0.05) is 25.4 Å². The molecular weight excluding hydrogens is 204 g/mol. The highest BCUT2D eigenvalue weighted by molar-refractivity contribution is 7.14. The van der Waals surface area contributed by atoms with Crippen molar-refractivity contribution in [1.82, 2.24) is 0 Å². The SMILES string of the molecule is CC1CC(O)(c2ccsc2Cl)C1C. The second-order valence-electron chi connectivity index (χ2n) is 4.00. The van der Waals surface area contributed by atoms with E-state index in [0.717, 1.165) is 16.3 Å². The Hall–Kier alpha value is -0.0500. The summed E-state index contributed by atoms with van der Waals surface area (Å²) in [4.78, 5) is 0. The van der Waals surface area contributed by atoms with E-state index in [1.165, 1.54) is 11.3 Å². The number of aliphatic hydroxyl groups is 1. The Morgan fingerprint density at radius 1 is 1.62 bits per heavy atom. The fraction of sp³-hybridized carbons (Fsp3) is 0.600. The van der Waals surface area contributed by atoms with Crippen molar-refractivity contribution in [2.75, 3.05) is 0 Å². The van der Waals surface area contributed by atoms with Crippen molar-refractivity contribution in [3.63, 3.8) is 0 Å². The molecule has 0 bridgehead atoms. The molecule has 2 rings (SSSR count). The van der Waals surface area contributed by atoms with Crippen LogP contribution in [0, 0.1) is 11.8 Å². The van der Waals surface area contributed by atoms with Gasteiger partial charge < -0.3 is 5.11 Å². The van der Waals surface area contributed by atoms with E-state index in [9.17, 15) is 5.11 Å². The van der Waals surface area contributed by atoms with E-state index in [1.807, 2.05) is 11.4 Å². The highest BCUT2D eigenvalue weighted by atomic mass is 35.5. The Kier molecular flexibility index (Phi) is 2.17. The molecule has 0 radical (unpaired) electrons. The van der Waals surface area contributed by atoms with E-state index < -0.39 is 5.60 Å². The molecule has 72 valence electrons. The van der Waals surface area contributed by atoms with Crippen LogP contribution in [0.25, 0.3) is 0 Å². The van der Waals surface area contributed by atoms with Crippen molar-refractivity contribution < 1.29 is 5.11 Å². The molecule has 1 N–H and O–H groups in total. The molecule has 1 aliphatic rings. The first-order valence-electron chi connectivity index (χ1n) is 4.51. The van der Waals surface area contributed by atoms with Crippen LogP contribution in [0.5, 0.6) is 0 Å². The fourth-order valence-corrected chi connectivity index (χ4v) is 3.20. The third-order valence-electron chi connectivity index (χ3n) is 3.32. The molecule has 1 aromatic rings. The Morgan fingerprint density at radius 3 is 2.69 bits per heavy atom. The highest BCUT2D eigenvalue weighted by Gasteiger charge is 2.50. The molecular formula is C10H13ClOS. The molecule has 3 unspecified atom stereocenters. The summed E-state index contributed by atoms with van der Waals surface area (Å²) >= 11 is 7.50. The van der Waals surface area contributed by atoms with E-state index in [-0.39, 0.29) is 0 Å². The maximum Gasteiger partial charge on any atom is 0.0989 e. The van der Waals surface area contributed by atoms with Crippen LogP contribution in [0.3, 0.4) is 0 Å². The Bertz CT molecular complexity index is 322. The summed E-state index contributed by atoms with van der Waals surface area (Å²) in [7, 11) is 0. The summed E-state index contributed by atoms with van der Waals surface area (Å²) in [6, 6.07) is 1.94. The standard InChI is InChI=1S/C10H13ClOS/c1-6-5-10(12,7(6)2)8-3-4-13-9(8)11/h3-4,6-7,12H,5H2,1-2H3. The Balaban J connectivity index is 2.32. The van der Waals surface area contributed by atoms with Crippen LogP contribution in [-0.4, -0.2) is 5.11 Å². The topological polar surface area (TPSA) is 20.2 Å². The van der Waals surface area contributed by atoms with Gasteiger partial charge in [0.1, 0.15) is 0 Å². The van der Waals surface area contributed by atoms with Gasteiger partial charge in [0.25, 0.3) is 0 Å². The number of rotatable bonds is 1. The maximum absolute atomic E-state index is 10.3. The van der Waals surface area contributed by atoms with Gasteiger partial charge >= 0.3 is 0 Å². The average Bonchev–Trinajstić information content (AvgIpc) is 2.51. The molecule has 3 heteroatoms. The molecule has 1 aromatic heterocycles. The smallest absolute Gasteiger partial charge is 0.0989 e. The van der Waals surface area contributed by atoms with Gasteiger partial charge in [-0.05, 0) is 29.7 Å². The second kappa shape index (κ2) is 2.97. The van der Waals surface area contributed by atoms with Crippen molar-refractivity contribution in [2.24, 2.45) is 11.8 Å². The predicted molar refractivity (Wildman–Crippen MR) is 56.2 cm³/mol. The lowest BCUT2D eigenvalue weighted by Crippen LogP contribution is -2.48. The van der Waals surface area contributed by atoms with E-state index in [1.54, 1.807) is 0 Å². The first-order chi connectivity index (χ1) is 6.05. The quantitative estimate of drug-likeness (QED) is 0.764. The fourth-order valence-electron chi connectivity index (χ4n) is 2.12. The molecule has 3 atom stereocenters. The molecule has 1 aliphatic carbocycles. The van der Waals surface area contributed by atoms with Gasteiger partial charge in [-0.25, -0.2) is 0 Å². The van der Waals surface area contributed by atoms with E-state index in [0.29, 0.717) is 11.8 Å². The van der Waals surface area contributed by atoms with Gasteiger partial charge in [-0.2, -0.15) is 0 Å². The Morgan fingerprint density at radius 2 is 2.31 bits per heavy atom. The van der Waals surface area contributed by atoms with Crippen LogP contribution >= 0.6 is 22.9 Å². The zero-order chi connectivity index (χ0) is 9.64. The maximum atomic E-state index is 10.3. The predicted octanol–water partition coefficient (Wildman–Crippen LogP) is 3.27. The second-order valence-corrected chi connectivity index (χ2v) is 5.52. The van der Waals surface area contributed by atoms with Crippen LogP contribution in [0.15, 0.2) is 11.4 Å². The van der Waals surface area contributed by atoms with Crippen LogP contribution in [0.2, 0.25) is 4.34 Å². The van der Waals surface area contributed by atoms with Gasteiger partial charge in [0.05, 0.1) is 9.94 Å². The summed E-state index contributed by atoms with van der Waals surface area (Å²) < 4.78 is 0.737. The normalized spacial score (nSPS) is 38.8. The summed E-state index contributed by atoms with van der Waals surface area (Å²) in [5.41, 5.74) is 0.265. The largest absolute Gasteiger partial charge is 0.385 e. The monoisotopic (exact) mass is 216 g/mol. The van der Waals surface area contributed by atoms with Crippen LogP contribution in [-0.2, 0) is 5.60 Å². The van der Waals surface area contributed by atoms with E-state index >= 15 is 0 Å². The minimum absolute atomic E-state index is 0.319. The lowest BCUT2D eigenvalue weighted by Gasteiger charge is -2.49. The molecule has 0 spiro atoms. The summed E-state index contributed by atoms with van der Waals surface area (Å²) in [6.45, 7) is 4.25. The van der Waals surface area contributed by atoms with Crippen molar-refractivity contribution in [1.29, 1.82) is 0 Å². The van der Waals surface area contributed by atoms with Gasteiger partial charge in [0, 0.05) is 5.56 Å². The molecule has 1 saturated carbocycles. The van der Waals surface area contributed by atoms with Crippen LogP contribution in [0.1, 0.15) is 25.8 Å². The summed E-state index contributed by atoms with van der Waals surface area (Å²) in [6.07, 6.45) is 0.838. The Labute approximate surface area is 87.4 Å². The molecule has 13 heavy (non-hydrogen) atoms. The molecule has 1 nitrogen and oxygen atoms in total. The third kappa shape index (κ3) is 1.24. The molecule has 0 amide bonds. The lowest BCUT2D eigenvalue weighted by atomic mass is 9.60. The minimum Gasteiger partial charge on any atom is -0.385 e. The lowest BCUT2D eigenvalue weighted by molar-refractivity contribution is -0.131. The first-order valence-corrected chi connectivity index (χ1v) is 5.77. The molecule has 1 heterocycles. The van der Waals surface area contributed by atoms with Gasteiger partial charge in [0.2, 0.25) is 0 Å². The van der Waals surface area contributed by atoms with Crippen LogP contribution < -0.4 is 0 Å². The van der Waals surface area contributed by atoms with Gasteiger partial charge in [-0.15, -0.1) is 11.3 Å². The molecule has 0 aromatic carbocycles.